The molecule has 0 fully saturated rings. The second-order valence-electron chi connectivity index (χ2n) is 7.02. The predicted octanol–water partition coefficient (Wildman–Crippen LogP) is 5.12. The summed E-state index contributed by atoms with van der Waals surface area (Å²) >= 11 is 0. The molecule has 6 heteroatoms. The van der Waals surface area contributed by atoms with Gasteiger partial charge in [-0.25, -0.2) is 4.98 Å². The average Bonchev–Trinajstić information content (AvgIpc) is 2.78. The summed E-state index contributed by atoms with van der Waals surface area (Å²) in [6, 6.07) is 23.9. The summed E-state index contributed by atoms with van der Waals surface area (Å²) in [5.41, 5.74) is 3.96. The molecule has 3 aromatic carbocycles. The quantitative estimate of drug-likeness (QED) is 0.478. The van der Waals surface area contributed by atoms with Gasteiger partial charge < -0.3 is 15.4 Å². The van der Waals surface area contributed by atoms with Crippen molar-refractivity contribution in [3.8, 4) is 17.0 Å². The number of carbonyl (C=O) groups excluding carboxylic acids is 2. The molecule has 0 saturated heterocycles. The minimum Gasteiger partial charge on any atom is -0.497 e. The van der Waals surface area contributed by atoms with Crippen LogP contribution in [0.5, 0.6) is 5.75 Å². The molecule has 0 spiro atoms. The molecular formula is C25H21N3O3. The van der Waals surface area contributed by atoms with E-state index in [-0.39, 0.29) is 11.8 Å². The molecule has 154 valence electrons. The van der Waals surface area contributed by atoms with Gasteiger partial charge in [-0.3, -0.25) is 9.59 Å². The molecule has 31 heavy (non-hydrogen) atoms. The van der Waals surface area contributed by atoms with Crippen LogP contribution in [0.1, 0.15) is 17.3 Å². The van der Waals surface area contributed by atoms with Gasteiger partial charge in [0.2, 0.25) is 5.91 Å². The molecule has 0 atom stereocenters. The smallest absolute Gasteiger partial charge is 0.256 e. The zero-order chi connectivity index (χ0) is 21.8. The van der Waals surface area contributed by atoms with Gasteiger partial charge in [0.15, 0.2) is 0 Å². The first-order valence-corrected chi connectivity index (χ1v) is 9.77. The van der Waals surface area contributed by atoms with Crippen LogP contribution < -0.4 is 15.4 Å². The van der Waals surface area contributed by atoms with Crippen molar-refractivity contribution in [2.24, 2.45) is 0 Å². The Morgan fingerprint density at radius 3 is 2.35 bits per heavy atom. The Morgan fingerprint density at radius 2 is 1.58 bits per heavy atom. The number of pyridine rings is 1. The molecule has 4 aromatic rings. The number of para-hydroxylation sites is 1. The largest absolute Gasteiger partial charge is 0.497 e. The monoisotopic (exact) mass is 411 g/mol. The second kappa shape index (κ2) is 8.67. The van der Waals surface area contributed by atoms with Gasteiger partial charge in [0.05, 0.1) is 23.9 Å². The fourth-order valence-corrected chi connectivity index (χ4v) is 3.37. The van der Waals surface area contributed by atoms with Crippen LogP contribution in [0.3, 0.4) is 0 Å². The predicted molar refractivity (Wildman–Crippen MR) is 122 cm³/mol. The summed E-state index contributed by atoms with van der Waals surface area (Å²) in [4.78, 5) is 29.3. The molecule has 0 aliphatic carbocycles. The van der Waals surface area contributed by atoms with Gasteiger partial charge in [0, 0.05) is 29.2 Å². The van der Waals surface area contributed by atoms with Crippen molar-refractivity contribution in [3.63, 3.8) is 0 Å². The number of benzene rings is 3. The molecule has 4 rings (SSSR count). The Bertz CT molecular complexity index is 1280. The standard InChI is InChI=1S/C25H21N3O3/c1-16(29)26-18-8-6-9-19(14-18)27-25(30)22-15-24(17-7-5-10-20(13-17)31-2)28-23-12-4-3-11-21(22)23/h3-15H,1-2H3,(H,26,29)(H,27,30). The maximum absolute atomic E-state index is 13.2. The van der Waals surface area contributed by atoms with Gasteiger partial charge >= 0.3 is 0 Å². The highest BCUT2D eigenvalue weighted by Crippen LogP contribution is 2.28. The van der Waals surface area contributed by atoms with Crippen LogP contribution in [-0.4, -0.2) is 23.9 Å². The number of amides is 2. The van der Waals surface area contributed by atoms with Crippen LogP contribution in [-0.2, 0) is 4.79 Å². The van der Waals surface area contributed by atoms with E-state index < -0.39 is 0 Å². The lowest BCUT2D eigenvalue weighted by atomic mass is 10.0. The zero-order valence-corrected chi connectivity index (χ0v) is 17.2. The molecule has 1 aromatic heterocycles. The summed E-state index contributed by atoms with van der Waals surface area (Å²) in [6.07, 6.45) is 0. The molecule has 2 N–H and O–H groups in total. The summed E-state index contributed by atoms with van der Waals surface area (Å²) < 4.78 is 5.32. The van der Waals surface area contributed by atoms with E-state index in [4.69, 9.17) is 9.72 Å². The Kier molecular flexibility index (Phi) is 5.62. The van der Waals surface area contributed by atoms with Crippen molar-refractivity contribution in [3.05, 3.63) is 84.4 Å². The van der Waals surface area contributed by atoms with Gasteiger partial charge in [-0.2, -0.15) is 0 Å². The summed E-state index contributed by atoms with van der Waals surface area (Å²) in [7, 11) is 1.61. The number of fused-ring (bicyclic) bond motifs is 1. The Morgan fingerprint density at radius 1 is 0.839 bits per heavy atom. The third-order valence-electron chi connectivity index (χ3n) is 4.77. The number of aromatic nitrogens is 1. The minimum atomic E-state index is -0.261. The van der Waals surface area contributed by atoms with Crippen LogP contribution in [0.15, 0.2) is 78.9 Å². The number of hydrogen-bond acceptors (Lipinski definition) is 4. The third kappa shape index (κ3) is 4.53. The van der Waals surface area contributed by atoms with Gasteiger partial charge in [-0.15, -0.1) is 0 Å². The van der Waals surface area contributed by atoms with Gasteiger partial charge in [-0.1, -0.05) is 36.4 Å². The fourth-order valence-electron chi connectivity index (χ4n) is 3.37. The SMILES string of the molecule is COc1cccc(-c2cc(C(=O)Nc3cccc(NC(C)=O)c3)c3ccccc3n2)c1. The van der Waals surface area contributed by atoms with Crippen LogP contribution in [0.25, 0.3) is 22.2 Å². The Balaban J connectivity index is 1.74. The number of nitrogens with one attached hydrogen (secondary N) is 2. The van der Waals surface area contributed by atoms with Crippen LogP contribution in [0.4, 0.5) is 11.4 Å². The van der Waals surface area contributed by atoms with Gasteiger partial charge in [-0.05, 0) is 42.5 Å². The number of ether oxygens (including phenoxy) is 1. The molecule has 0 saturated carbocycles. The number of rotatable bonds is 5. The summed E-state index contributed by atoms with van der Waals surface area (Å²) in [6.45, 7) is 1.44. The Hall–Kier alpha value is -4.19. The Labute approximate surface area is 179 Å². The van der Waals surface area contributed by atoms with Gasteiger partial charge in [0.1, 0.15) is 5.75 Å². The van der Waals surface area contributed by atoms with E-state index in [2.05, 4.69) is 10.6 Å². The summed E-state index contributed by atoms with van der Waals surface area (Å²) in [5.74, 6) is 0.280. The lowest BCUT2D eigenvalue weighted by molar-refractivity contribution is -0.114. The van der Waals surface area contributed by atoms with E-state index in [1.807, 2.05) is 48.5 Å². The van der Waals surface area contributed by atoms with Crippen LogP contribution in [0, 0.1) is 0 Å². The highest BCUT2D eigenvalue weighted by atomic mass is 16.5. The number of carbonyl (C=O) groups is 2. The highest BCUT2D eigenvalue weighted by molar-refractivity contribution is 6.13. The van der Waals surface area contributed by atoms with Crippen molar-refractivity contribution < 1.29 is 14.3 Å². The van der Waals surface area contributed by atoms with E-state index in [9.17, 15) is 9.59 Å². The molecule has 2 amide bonds. The minimum absolute atomic E-state index is 0.175. The molecule has 1 heterocycles. The van der Waals surface area contributed by atoms with Crippen molar-refractivity contribution in [2.75, 3.05) is 17.7 Å². The van der Waals surface area contributed by atoms with Crippen molar-refractivity contribution >= 4 is 34.1 Å². The number of anilines is 2. The normalized spacial score (nSPS) is 10.5. The number of hydrogen-bond donors (Lipinski definition) is 2. The molecule has 0 bridgehead atoms. The topological polar surface area (TPSA) is 80.3 Å². The molecule has 0 aliphatic rings. The average molecular weight is 411 g/mol. The lowest BCUT2D eigenvalue weighted by Crippen LogP contribution is -2.13. The van der Waals surface area contributed by atoms with E-state index in [1.54, 1.807) is 37.4 Å². The maximum atomic E-state index is 13.2. The molecular weight excluding hydrogens is 390 g/mol. The molecule has 0 radical (unpaired) electrons. The lowest BCUT2D eigenvalue weighted by Gasteiger charge is -2.12. The molecule has 0 aliphatic heterocycles. The van der Waals surface area contributed by atoms with E-state index in [0.717, 1.165) is 16.5 Å². The van der Waals surface area contributed by atoms with Gasteiger partial charge in [0.25, 0.3) is 5.91 Å². The summed E-state index contributed by atoms with van der Waals surface area (Å²) in [5, 5.41) is 6.39. The number of methoxy groups -OCH3 is 1. The first-order valence-electron chi connectivity index (χ1n) is 9.77. The van der Waals surface area contributed by atoms with E-state index >= 15 is 0 Å². The van der Waals surface area contributed by atoms with E-state index in [0.29, 0.717) is 28.4 Å². The molecule has 0 unspecified atom stereocenters. The van der Waals surface area contributed by atoms with E-state index in [1.165, 1.54) is 6.92 Å². The van der Waals surface area contributed by atoms with Crippen molar-refractivity contribution in [1.82, 2.24) is 4.98 Å². The maximum Gasteiger partial charge on any atom is 0.256 e. The van der Waals surface area contributed by atoms with Crippen LogP contribution >= 0.6 is 0 Å². The molecule has 6 nitrogen and oxygen atoms in total. The highest BCUT2D eigenvalue weighted by Gasteiger charge is 2.15. The first kappa shape index (κ1) is 20.1. The van der Waals surface area contributed by atoms with Crippen molar-refractivity contribution in [2.45, 2.75) is 6.92 Å². The first-order chi connectivity index (χ1) is 15.0. The van der Waals surface area contributed by atoms with Crippen LogP contribution in [0.2, 0.25) is 0 Å². The van der Waals surface area contributed by atoms with Crippen molar-refractivity contribution in [1.29, 1.82) is 0 Å². The number of nitrogens with zero attached hydrogens (tertiary/aromatic N) is 1. The zero-order valence-electron chi connectivity index (χ0n) is 17.2. The fraction of sp³-hybridized carbons (Fsp3) is 0.0800. The second-order valence-corrected chi connectivity index (χ2v) is 7.02. The third-order valence-corrected chi connectivity index (χ3v) is 4.77.